The molecule has 2 aromatic heterocycles. The van der Waals surface area contributed by atoms with E-state index in [1.807, 2.05) is 0 Å². The Kier molecular flexibility index (Phi) is 3.69. The maximum Gasteiger partial charge on any atom is 0.400 e. The third kappa shape index (κ3) is 2.40. The zero-order chi connectivity index (χ0) is 16.1. The number of fused-ring (bicyclic) bond motifs is 1. The number of benzene rings is 1. The van der Waals surface area contributed by atoms with E-state index >= 15 is 0 Å². The minimum Gasteiger partial charge on any atom is -0.320 e. The normalized spacial score (nSPS) is 13.0. The summed E-state index contributed by atoms with van der Waals surface area (Å²) in [5, 5.41) is 10.3. The van der Waals surface area contributed by atoms with Crippen molar-refractivity contribution in [1.29, 1.82) is 0 Å². The van der Waals surface area contributed by atoms with Gasteiger partial charge in [0, 0.05) is 20.1 Å². The molecule has 0 spiro atoms. The van der Waals surface area contributed by atoms with Crippen LogP contribution in [0, 0.1) is 0 Å². The second-order valence-electron chi connectivity index (χ2n) is 4.41. The minimum atomic E-state index is -5.61. The topological polar surface area (TPSA) is 99.1 Å². The molecular formula is C11H7BrF2N3O3PS. The van der Waals surface area contributed by atoms with Crippen molar-refractivity contribution in [1.82, 2.24) is 15.4 Å². The lowest BCUT2D eigenvalue weighted by atomic mass is 10.1. The van der Waals surface area contributed by atoms with Gasteiger partial charge in [-0.3, -0.25) is 9.66 Å². The van der Waals surface area contributed by atoms with Gasteiger partial charge in [0.1, 0.15) is 4.88 Å². The van der Waals surface area contributed by atoms with Crippen molar-refractivity contribution in [2.75, 3.05) is 0 Å². The van der Waals surface area contributed by atoms with E-state index in [4.69, 9.17) is 9.79 Å². The molecule has 0 saturated carbocycles. The first-order chi connectivity index (χ1) is 10.2. The molecule has 6 nitrogen and oxygen atoms in total. The zero-order valence-electron chi connectivity index (χ0n) is 10.5. The summed E-state index contributed by atoms with van der Waals surface area (Å²) in [7, 11) is -5.61. The number of thiophene rings is 1. The highest BCUT2D eigenvalue weighted by atomic mass is 79.9. The Morgan fingerprint density at radius 1 is 1.36 bits per heavy atom. The third-order valence-electron chi connectivity index (χ3n) is 2.99. The number of hydrogen-bond acceptors (Lipinski definition) is 4. The molecule has 3 aromatic rings. The predicted molar refractivity (Wildman–Crippen MR) is 80.8 cm³/mol. The number of aromatic amines is 1. The highest BCUT2D eigenvalue weighted by Crippen LogP contribution is 2.62. The van der Waals surface area contributed by atoms with Gasteiger partial charge in [-0.05, 0) is 28.1 Å². The smallest absolute Gasteiger partial charge is 0.320 e. The molecule has 0 aliphatic carbocycles. The van der Waals surface area contributed by atoms with Crippen molar-refractivity contribution in [2.45, 2.75) is 5.66 Å². The number of nitrogens with one attached hydrogen (secondary N) is 1. The number of hydrogen-bond donors (Lipinski definition) is 3. The molecular weight excluding hydrogens is 403 g/mol. The van der Waals surface area contributed by atoms with Gasteiger partial charge in [-0.1, -0.05) is 11.3 Å². The van der Waals surface area contributed by atoms with Gasteiger partial charge in [0.15, 0.2) is 0 Å². The highest BCUT2D eigenvalue weighted by molar-refractivity contribution is 9.10. The first-order valence-electron chi connectivity index (χ1n) is 5.74. The summed E-state index contributed by atoms with van der Waals surface area (Å²) in [5.41, 5.74) is -2.98. The number of aromatic nitrogens is 3. The molecule has 0 radical (unpaired) electrons. The van der Waals surface area contributed by atoms with Crippen molar-refractivity contribution < 1.29 is 23.1 Å². The van der Waals surface area contributed by atoms with Crippen LogP contribution < -0.4 is 0 Å². The fraction of sp³-hybridized carbons (Fsp3) is 0.0909. The summed E-state index contributed by atoms with van der Waals surface area (Å²) < 4.78 is 39.3. The number of rotatable bonds is 3. The van der Waals surface area contributed by atoms with Crippen LogP contribution in [0.15, 0.2) is 28.9 Å². The summed E-state index contributed by atoms with van der Waals surface area (Å²) in [4.78, 5) is 17.1. The van der Waals surface area contributed by atoms with Crippen molar-refractivity contribution in [2.24, 2.45) is 0 Å². The Morgan fingerprint density at radius 2 is 2.09 bits per heavy atom. The highest BCUT2D eigenvalue weighted by Gasteiger charge is 2.53. The average Bonchev–Trinajstić information content (AvgIpc) is 3.06. The van der Waals surface area contributed by atoms with Crippen molar-refractivity contribution in [3.8, 4) is 11.3 Å². The first-order valence-corrected chi connectivity index (χ1v) is 8.96. The Bertz CT molecular complexity index is 894. The molecule has 1 aromatic carbocycles. The summed E-state index contributed by atoms with van der Waals surface area (Å²) in [6.07, 6.45) is 1.48. The molecule has 116 valence electrons. The third-order valence-corrected chi connectivity index (χ3v) is 6.43. The van der Waals surface area contributed by atoms with Gasteiger partial charge in [0.2, 0.25) is 0 Å². The van der Waals surface area contributed by atoms with Crippen LogP contribution in [-0.4, -0.2) is 25.2 Å². The van der Waals surface area contributed by atoms with E-state index in [1.165, 1.54) is 6.20 Å². The van der Waals surface area contributed by atoms with E-state index in [0.29, 0.717) is 32.7 Å². The molecule has 0 atom stereocenters. The Hall–Kier alpha value is -1.19. The van der Waals surface area contributed by atoms with Crippen LogP contribution in [-0.2, 0) is 10.2 Å². The number of alkyl halides is 2. The lowest BCUT2D eigenvalue weighted by Crippen LogP contribution is -2.12. The lowest BCUT2D eigenvalue weighted by Gasteiger charge is -2.16. The van der Waals surface area contributed by atoms with Gasteiger partial charge in [0.25, 0.3) is 0 Å². The van der Waals surface area contributed by atoms with E-state index < -0.39 is 18.1 Å². The second-order valence-corrected chi connectivity index (χ2v) is 7.91. The fourth-order valence-corrected chi connectivity index (χ4v) is 4.82. The van der Waals surface area contributed by atoms with E-state index in [1.54, 1.807) is 18.2 Å². The predicted octanol–water partition coefficient (Wildman–Crippen LogP) is 3.68. The van der Waals surface area contributed by atoms with Gasteiger partial charge in [-0.25, -0.2) is 0 Å². The largest absolute Gasteiger partial charge is 0.400 e. The number of H-pyrrole nitrogens is 1. The second kappa shape index (κ2) is 5.17. The molecule has 3 N–H and O–H groups in total. The average molecular weight is 410 g/mol. The molecule has 0 unspecified atom stereocenters. The monoisotopic (exact) mass is 409 g/mol. The summed E-state index contributed by atoms with van der Waals surface area (Å²) in [6, 6.07) is 4.89. The van der Waals surface area contributed by atoms with Crippen LogP contribution in [0.1, 0.15) is 4.88 Å². The quantitative estimate of drug-likeness (QED) is 0.573. The number of nitrogens with zero attached hydrogens (tertiary/aromatic N) is 2. The van der Waals surface area contributed by atoms with Gasteiger partial charge < -0.3 is 9.79 Å². The van der Waals surface area contributed by atoms with Gasteiger partial charge >= 0.3 is 13.3 Å². The Morgan fingerprint density at radius 3 is 2.68 bits per heavy atom. The molecule has 0 bridgehead atoms. The molecule has 22 heavy (non-hydrogen) atoms. The van der Waals surface area contributed by atoms with Crippen LogP contribution in [0.25, 0.3) is 21.3 Å². The summed E-state index contributed by atoms with van der Waals surface area (Å²) in [6.45, 7) is 0. The van der Waals surface area contributed by atoms with Crippen LogP contribution in [0.5, 0.6) is 0 Å². The maximum atomic E-state index is 13.9. The van der Waals surface area contributed by atoms with E-state index in [-0.39, 0.29) is 4.47 Å². The van der Waals surface area contributed by atoms with Crippen molar-refractivity contribution in [3.05, 3.63) is 33.7 Å². The van der Waals surface area contributed by atoms with E-state index in [9.17, 15) is 13.3 Å². The molecule has 0 amide bonds. The molecule has 0 aliphatic heterocycles. The van der Waals surface area contributed by atoms with Crippen LogP contribution in [0.3, 0.4) is 0 Å². The first kappa shape index (κ1) is 15.7. The molecule has 3 rings (SSSR count). The number of halogens is 3. The van der Waals surface area contributed by atoms with Crippen LogP contribution >= 0.6 is 34.9 Å². The zero-order valence-corrected chi connectivity index (χ0v) is 13.8. The Labute approximate surface area is 134 Å². The summed E-state index contributed by atoms with van der Waals surface area (Å²) in [5.74, 6) is 0. The van der Waals surface area contributed by atoms with Gasteiger partial charge in [-0.15, -0.1) is 16.4 Å². The molecule has 2 heterocycles. The van der Waals surface area contributed by atoms with E-state index in [2.05, 4.69) is 31.3 Å². The van der Waals surface area contributed by atoms with Crippen LogP contribution in [0.4, 0.5) is 8.78 Å². The Balaban J connectivity index is 2.20. The van der Waals surface area contributed by atoms with Gasteiger partial charge in [-0.2, -0.15) is 8.78 Å². The maximum absolute atomic E-state index is 13.9. The summed E-state index contributed by atoms with van der Waals surface area (Å²) >= 11 is 3.66. The molecule has 0 aliphatic rings. The van der Waals surface area contributed by atoms with Crippen LogP contribution in [0.2, 0.25) is 0 Å². The minimum absolute atomic E-state index is 0.0323. The fourth-order valence-electron chi connectivity index (χ4n) is 1.90. The SMILES string of the molecule is O=P(O)(O)C(F)(F)c1sc2ccc(-c3cnn[nH]3)cc2c1Br. The van der Waals surface area contributed by atoms with Crippen molar-refractivity contribution in [3.63, 3.8) is 0 Å². The van der Waals surface area contributed by atoms with Crippen molar-refractivity contribution >= 4 is 44.9 Å². The molecule has 11 heteroatoms. The lowest BCUT2D eigenvalue weighted by molar-refractivity contribution is 0.0595. The molecule has 0 fully saturated rings. The molecule has 0 saturated heterocycles. The van der Waals surface area contributed by atoms with E-state index in [0.717, 1.165) is 0 Å². The van der Waals surface area contributed by atoms with Gasteiger partial charge in [0.05, 0.1) is 11.9 Å². The standard InChI is InChI=1S/C11H7BrF2N3O3PS/c12-9-6-3-5(7-4-15-17-16-7)1-2-8(6)22-10(9)11(13,14)21(18,19)20/h1-4H,(H,15,16,17)(H2,18,19,20).